The number of amides is 1. The number of ether oxygens (including phenoxy) is 1. The molecule has 0 aliphatic carbocycles. The van der Waals surface area contributed by atoms with Crippen molar-refractivity contribution in [3.63, 3.8) is 0 Å². The fraction of sp³-hybridized carbons (Fsp3) is 0.926. The van der Waals surface area contributed by atoms with Gasteiger partial charge in [0.2, 0.25) is 0 Å². The monoisotopic (exact) mass is 468 g/mol. The third-order valence-electron chi connectivity index (χ3n) is 6.92. The zero-order chi connectivity index (χ0) is 24.2. The van der Waals surface area contributed by atoms with E-state index in [9.17, 15) is 9.59 Å². The molecule has 1 amide bonds. The highest BCUT2D eigenvalue weighted by Crippen LogP contribution is 2.22. The second-order valence-corrected chi connectivity index (χ2v) is 9.85. The smallest absolute Gasteiger partial charge is 0.407 e. The van der Waals surface area contributed by atoms with E-state index in [0.717, 1.165) is 58.2 Å². The average molecular weight is 469 g/mol. The zero-order valence-corrected chi connectivity index (χ0v) is 21.7. The summed E-state index contributed by atoms with van der Waals surface area (Å²) in [6.07, 6.45) is 17.5. The number of hydrogen-bond acceptors (Lipinski definition) is 4. The van der Waals surface area contributed by atoms with Crippen LogP contribution < -0.4 is 0 Å². The van der Waals surface area contributed by atoms with Crippen LogP contribution in [0.15, 0.2) is 0 Å². The Morgan fingerprint density at radius 3 is 2.06 bits per heavy atom. The van der Waals surface area contributed by atoms with Gasteiger partial charge in [-0.15, -0.1) is 0 Å². The molecule has 33 heavy (non-hydrogen) atoms. The molecule has 0 spiro atoms. The predicted molar refractivity (Wildman–Crippen MR) is 136 cm³/mol. The fourth-order valence-electron chi connectivity index (χ4n) is 4.71. The van der Waals surface area contributed by atoms with E-state index in [0.29, 0.717) is 32.0 Å². The van der Waals surface area contributed by atoms with Crippen molar-refractivity contribution in [1.82, 2.24) is 9.80 Å². The highest BCUT2D eigenvalue weighted by Gasteiger charge is 2.22. The summed E-state index contributed by atoms with van der Waals surface area (Å²) >= 11 is 0. The van der Waals surface area contributed by atoms with Crippen LogP contribution in [-0.2, 0) is 9.53 Å². The number of carboxylic acid groups (broad SMARTS) is 1. The third kappa shape index (κ3) is 16.0. The Kier molecular flexibility index (Phi) is 18.1. The van der Waals surface area contributed by atoms with Crippen molar-refractivity contribution in [2.24, 2.45) is 5.92 Å². The molecule has 1 aliphatic rings. The van der Waals surface area contributed by atoms with E-state index in [1.54, 1.807) is 4.90 Å². The predicted octanol–water partition coefficient (Wildman–Crippen LogP) is 6.72. The van der Waals surface area contributed by atoms with Crippen LogP contribution in [0, 0.1) is 5.92 Å². The molecule has 0 unspecified atom stereocenters. The SMILES string of the molecule is CCCCCCCCCN(CCCOC(=O)CCCCC)CCCC1CCN(C(=O)O)CC1. The summed E-state index contributed by atoms with van der Waals surface area (Å²) in [4.78, 5) is 27.0. The van der Waals surface area contributed by atoms with Crippen LogP contribution in [0.1, 0.15) is 117 Å². The normalized spacial score (nSPS) is 14.7. The van der Waals surface area contributed by atoms with Gasteiger partial charge in [0.1, 0.15) is 0 Å². The quantitative estimate of drug-likeness (QED) is 0.159. The molecule has 1 heterocycles. The van der Waals surface area contributed by atoms with Crippen LogP contribution in [0.5, 0.6) is 0 Å². The fourth-order valence-corrected chi connectivity index (χ4v) is 4.71. The molecule has 0 aromatic heterocycles. The number of esters is 1. The molecule has 1 fully saturated rings. The highest BCUT2D eigenvalue weighted by atomic mass is 16.5. The van der Waals surface area contributed by atoms with E-state index >= 15 is 0 Å². The van der Waals surface area contributed by atoms with E-state index in [-0.39, 0.29) is 5.97 Å². The van der Waals surface area contributed by atoms with E-state index in [2.05, 4.69) is 18.7 Å². The molecular formula is C27H52N2O4. The van der Waals surface area contributed by atoms with Crippen molar-refractivity contribution < 1.29 is 19.4 Å². The Balaban J connectivity index is 2.25. The van der Waals surface area contributed by atoms with Crippen molar-refractivity contribution in [3.05, 3.63) is 0 Å². The Morgan fingerprint density at radius 1 is 0.818 bits per heavy atom. The van der Waals surface area contributed by atoms with E-state index in [1.165, 1.54) is 57.8 Å². The number of carbonyl (C=O) groups is 2. The Hall–Kier alpha value is -1.30. The number of hydrogen-bond donors (Lipinski definition) is 1. The lowest BCUT2D eigenvalue weighted by Gasteiger charge is -2.30. The summed E-state index contributed by atoms with van der Waals surface area (Å²) in [5, 5.41) is 9.12. The van der Waals surface area contributed by atoms with Gasteiger partial charge in [-0.1, -0.05) is 65.2 Å². The molecule has 1 N–H and O–H groups in total. The topological polar surface area (TPSA) is 70.1 Å². The molecule has 0 atom stereocenters. The average Bonchev–Trinajstić information content (AvgIpc) is 2.81. The molecule has 0 aromatic carbocycles. The molecule has 0 bridgehead atoms. The van der Waals surface area contributed by atoms with Gasteiger partial charge in [-0.2, -0.15) is 0 Å². The number of nitrogens with zero attached hydrogens (tertiary/aromatic N) is 2. The molecule has 194 valence electrons. The van der Waals surface area contributed by atoms with Crippen LogP contribution >= 0.6 is 0 Å². The summed E-state index contributed by atoms with van der Waals surface area (Å²) in [5.41, 5.74) is 0. The van der Waals surface area contributed by atoms with Gasteiger partial charge in [0.15, 0.2) is 0 Å². The van der Waals surface area contributed by atoms with Gasteiger partial charge in [0.25, 0.3) is 0 Å². The van der Waals surface area contributed by atoms with Gasteiger partial charge < -0.3 is 19.6 Å². The summed E-state index contributed by atoms with van der Waals surface area (Å²) < 4.78 is 5.43. The first-order chi connectivity index (χ1) is 16.1. The lowest BCUT2D eigenvalue weighted by Crippen LogP contribution is -2.37. The lowest BCUT2D eigenvalue weighted by molar-refractivity contribution is -0.144. The van der Waals surface area contributed by atoms with Gasteiger partial charge >= 0.3 is 12.1 Å². The molecule has 6 nitrogen and oxygen atoms in total. The standard InChI is InChI=1S/C27H52N2O4/c1-3-5-7-8-9-10-12-19-28(21-14-24-33-26(30)16-11-6-4-2)20-13-15-25-17-22-29(23-18-25)27(31)32/h25H,3-24H2,1-2H3,(H,31,32). The van der Waals surface area contributed by atoms with Crippen LogP contribution in [0.4, 0.5) is 4.79 Å². The maximum Gasteiger partial charge on any atom is 0.407 e. The molecule has 1 aliphatic heterocycles. The van der Waals surface area contributed by atoms with Gasteiger partial charge in [0.05, 0.1) is 6.61 Å². The number of carbonyl (C=O) groups excluding carboxylic acids is 1. The number of piperidine rings is 1. The first kappa shape index (κ1) is 29.7. The first-order valence-electron chi connectivity index (χ1n) is 13.9. The summed E-state index contributed by atoms with van der Waals surface area (Å²) in [7, 11) is 0. The Labute approximate surface area is 203 Å². The molecule has 1 saturated heterocycles. The minimum Gasteiger partial charge on any atom is -0.466 e. The molecule has 1 rings (SSSR count). The molecule has 0 saturated carbocycles. The van der Waals surface area contributed by atoms with Crippen molar-refractivity contribution in [3.8, 4) is 0 Å². The Morgan fingerprint density at radius 2 is 1.39 bits per heavy atom. The van der Waals surface area contributed by atoms with Gasteiger partial charge in [-0.25, -0.2) is 4.79 Å². The third-order valence-corrected chi connectivity index (χ3v) is 6.92. The van der Waals surface area contributed by atoms with E-state index in [1.807, 2.05) is 0 Å². The highest BCUT2D eigenvalue weighted by molar-refractivity contribution is 5.69. The molecule has 0 aromatic rings. The molecular weight excluding hydrogens is 416 g/mol. The summed E-state index contributed by atoms with van der Waals surface area (Å²) in [6, 6.07) is 0. The molecule has 0 radical (unpaired) electrons. The Bertz CT molecular complexity index is 493. The summed E-state index contributed by atoms with van der Waals surface area (Å²) in [6.45, 7) is 9.54. The molecule has 6 heteroatoms. The van der Waals surface area contributed by atoms with Crippen molar-refractivity contribution in [1.29, 1.82) is 0 Å². The number of rotatable bonds is 20. The minimum absolute atomic E-state index is 0.0465. The van der Waals surface area contributed by atoms with Crippen LogP contribution in [0.25, 0.3) is 0 Å². The van der Waals surface area contributed by atoms with Gasteiger partial charge in [-0.3, -0.25) is 4.79 Å². The van der Waals surface area contributed by atoms with Gasteiger partial charge in [-0.05, 0) is 64.0 Å². The number of unbranched alkanes of at least 4 members (excludes halogenated alkanes) is 8. The van der Waals surface area contributed by atoms with E-state index < -0.39 is 6.09 Å². The second kappa shape index (κ2) is 20.1. The number of likely N-dealkylation sites (tertiary alicyclic amines) is 1. The van der Waals surface area contributed by atoms with Crippen molar-refractivity contribution >= 4 is 12.1 Å². The largest absolute Gasteiger partial charge is 0.466 e. The van der Waals surface area contributed by atoms with Crippen molar-refractivity contribution in [2.75, 3.05) is 39.3 Å². The van der Waals surface area contributed by atoms with Crippen LogP contribution in [0.2, 0.25) is 0 Å². The van der Waals surface area contributed by atoms with Gasteiger partial charge in [0, 0.05) is 26.1 Å². The van der Waals surface area contributed by atoms with E-state index in [4.69, 9.17) is 9.84 Å². The van der Waals surface area contributed by atoms with Crippen LogP contribution in [0.3, 0.4) is 0 Å². The van der Waals surface area contributed by atoms with Crippen molar-refractivity contribution in [2.45, 2.75) is 117 Å². The lowest BCUT2D eigenvalue weighted by atomic mass is 9.92. The zero-order valence-electron chi connectivity index (χ0n) is 21.7. The van der Waals surface area contributed by atoms with Crippen LogP contribution in [-0.4, -0.2) is 66.3 Å². The second-order valence-electron chi connectivity index (χ2n) is 9.85. The first-order valence-corrected chi connectivity index (χ1v) is 13.9. The maximum absolute atomic E-state index is 11.8. The minimum atomic E-state index is -0.777. The maximum atomic E-state index is 11.8. The summed E-state index contributed by atoms with van der Waals surface area (Å²) in [5.74, 6) is 0.611.